The van der Waals surface area contributed by atoms with Gasteiger partial charge in [-0.3, -0.25) is 4.79 Å². The minimum absolute atomic E-state index is 0.0183. The fourth-order valence-electron chi connectivity index (χ4n) is 3.31. The van der Waals surface area contributed by atoms with Crippen LogP contribution >= 0.6 is 0 Å². The number of carbonyl (C=O) groups excluding carboxylic acids is 1. The molecule has 0 saturated heterocycles. The van der Waals surface area contributed by atoms with Gasteiger partial charge in [-0.1, -0.05) is 24.3 Å². The normalized spacial score (nSPS) is 11.1. The maximum Gasteiger partial charge on any atom is 0.278 e. The Bertz CT molecular complexity index is 1190. The van der Waals surface area contributed by atoms with E-state index in [1.165, 1.54) is 12.1 Å². The molecule has 3 rings (SSSR count). The van der Waals surface area contributed by atoms with E-state index in [4.69, 9.17) is 9.47 Å². The van der Waals surface area contributed by atoms with Gasteiger partial charge in [-0.05, 0) is 86.8 Å². The highest BCUT2D eigenvalue weighted by Gasteiger charge is 2.31. The highest BCUT2D eigenvalue weighted by atomic mass is 32.2. The summed E-state index contributed by atoms with van der Waals surface area (Å²) in [4.78, 5) is 13.2. The first-order chi connectivity index (χ1) is 15.2. The average Bonchev–Trinajstić information content (AvgIpc) is 2.77. The predicted molar refractivity (Wildman–Crippen MR) is 125 cm³/mol. The van der Waals surface area contributed by atoms with Crippen LogP contribution in [-0.4, -0.2) is 27.5 Å². The lowest BCUT2D eigenvalue weighted by Gasteiger charge is -2.23. The Morgan fingerprint density at radius 1 is 0.906 bits per heavy atom. The van der Waals surface area contributed by atoms with Gasteiger partial charge < -0.3 is 9.47 Å². The second-order valence-corrected chi connectivity index (χ2v) is 9.18. The van der Waals surface area contributed by atoms with E-state index in [2.05, 4.69) is 0 Å². The van der Waals surface area contributed by atoms with Crippen LogP contribution in [0.3, 0.4) is 0 Å². The second kappa shape index (κ2) is 9.87. The molecule has 1 amide bonds. The first kappa shape index (κ1) is 23.3. The van der Waals surface area contributed by atoms with Crippen LogP contribution in [0.1, 0.15) is 23.6 Å². The summed E-state index contributed by atoms with van der Waals surface area (Å²) in [6.07, 6.45) is 0. The van der Waals surface area contributed by atoms with E-state index in [1.54, 1.807) is 42.5 Å². The van der Waals surface area contributed by atoms with E-state index in [-0.39, 0.29) is 10.6 Å². The van der Waals surface area contributed by atoms with E-state index >= 15 is 0 Å². The summed E-state index contributed by atoms with van der Waals surface area (Å²) >= 11 is 0. The van der Waals surface area contributed by atoms with Gasteiger partial charge in [0.25, 0.3) is 15.9 Å². The number of rotatable bonds is 8. The number of aryl methyl sites for hydroxylation is 2. The second-order valence-electron chi connectivity index (χ2n) is 7.40. The maximum absolute atomic E-state index is 13.4. The SMILES string of the molecule is CCOc1ccc(N(C(=O)COc2cc(C)cc(C)c2C)S(=O)(=O)c2ccccc2)cc1. The van der Waals surface area contributed by atoms with Crippen LogP contribution in [0.25, 0.3) is 0 Å². The Hall–Kier alpha value is -3.32. The van der Waals surface area contributed by atoms with Gasteiger partial charge in [-0.25, -0.2) is 8.42 Å². The molecule has 0 unspecified atom stereocenters. The average molecular weight is 454 g/mol. The fraction of sp³-hybridized carbons (Fsp3) is 0.240. The van der Waals surface area contributed by atoms with Crippen molar-refractivity contribution in [2.45, 2.75) is 32.6 Å². The lowest BCUT2D eigenvalue weighted by Crippen LogP contribution is -2.40. The third-order valence-corrected chi connectivity index (χ3v) is 6.77. The minimum atomic E-state index is -4.15. The van der Waals surface area contributed by atoms with Gasteiger partial charge in [0.1, 0.15) is 11.5 Å². The number of sulfonamides is 1. The lowest BCUT2D eigenvalue weighted by atomic mass is 10.1. The molecule has 168 valence electrons. The van der Waals surface area contributed by atoms with Crippen molar-refractivity contribution in [2.75, 3.05) is 17.5 Å². The Balaban J connectivity index is 1.96. The number of benzene rings is 3. The van der Waals surface area contributed by atoms with Crippen molar-refractivity contribution in [1.82, 2.24) is 0 Å². The quantitative estimate of drug-likeness (QED) is 0.489. The molecule has 32 heavy (non-hydrogen) atoms. The van der Waals surface area contributed by atoms with Crippen molar-refractivity contribution in [3.63, 3.8) is 0 Å². The van der Waals surface area contributed by atoms with Gasteiger partial charge >= 0.3 is 0 Å². The molecule has 0 aliphatic heterocycles. The molecule has 3 aromatic rings. The molecule has 0 heterocycles. The van der Waals surface area contributed by atoms with Gasteiger partial charge in [-0.2, -0.15) is 4.31 Å². The number of anilines is 1. The molecule has 0 bridgehead atoms. The molecule has 0 fully saturated rings. The van der Waals surface area contributed by atoms with Crippen LogP contribution in [0.2, 0.25) is 0 Å². The highest BCUT2D eigenvalue weighted by Crippen LogP contribution is 2.27. The van der Waals surface area contributed by atoms with Crippen LogP contribution in [0, 0.1) is 20.8 Å². The Morgan fingerprint density at radius 3 is 2.19 bits per heavy atom. The molecule has 3 aromatic carbocycles. The molecule has 7 heteroatoms. The number of ether oxygens (including phenoxy) is 2. The maximum atomic E-state index is 13.4. The number of hydrogen-bond acceptors (Lipinski definition) is 5. The van der Waals surface area contributed by atoms with Gasteiger partial charge in [0.2, 0.25) is 0 Å². The number of amides is 1. The van der Waals surface area contributed by atoms with Crippen molar-refractivity contribution in [2.24, 2.45) is 0 Å². The lowest BCUT2D eigenvalue weighted by molar-refractivity contribution is -0.119. The molecule has 0 aromatic heterocycles. The van der Waals surface area contributed by atoms with Gasteiger partial charge in [0.15, 0.2) is 6.61 Å². The number of carbonyl (C=O) groups is 1. The predicted octanol–water partition coefficient (Wildman–Crippen LogP) is 4.81. The zero-order valence-corrected chi connectivity index (χ0v) is 19.5. The van der Waals surface area contributed by atoms with Crippen LogP contribution in [0.5, 0.6) is 11.5 Å². The van der Waals surface area contributed by atoms with Crippen molar-refractivity contribution >= 4 is 21.6 Å². The molecule has 0 spiro atoms. The third-order valence-electron chi connectivity index (χ3n) is 5.01. The van der Waals surface area contributed by atoms with Gasteiger partial charge in [-0.15, -0.1) is 0 Å². The summed E-state index contributed by atoms with van der Waals surface area (Å²) in [5.74, 6) is 0.444. The smallest absolute Gasteiger partial charge is 0.278 e. The van der Waals surface area contributed by atoms with Crippen molar-refractivity contribution in [3.05, 3.63) is 83.4 Å². The van der Waals surface area contributed by atoms with E-state index < -0.39 is 22.5 Å². The molecule has 0 N–H and O–H groups in total. The molecule has 6 nitrogen and oxygen atoms in total. The Morgan fingerprint density at radius 2 is 1.56 bits per heavy atom. The fourth-order valence-corrected chi connectivity index (χ4v) is 4.74. The van der Waals surface area contributed by atoms with E-state index in [0.29, 0.717) is 18.1 Å². The van der Waals surface area contributed by atoms with E-state index in [9.17, 15) is 13.2 Å². The Kier molecular flexibility index (Phi) is 7.20. The summed E-state index contributed by atoms with van der Waals surface area (Å²) in [5, 5.41) is 0. The molecule has 0 aliphatic carbocycles. The van der Waals surface area contributed by atoms with E-state index in [1.807, 2.05) is 39.8 Å². The first-order valence-electron chi connectivity index (χ1n) is 10.3. The molecule has 0 atom stereocenters. The van der Waals surface area contributed by atoms with Crippen molar-refractivity contribution in [3.8, 4) is 11.5 Å². The zero-order valence-electron chi connectivity index (χ0n) is 18.7. The first-order valence-corrected chi connectivity index (χ1v) is 11.7. The molecular formula is C25H27NO5S. The molecule has 0 aliphatic rings. The van der Waals surface area contributed by atoms with Crippen LogP contribution in [-0.2, 0) is 14.8 Å². The van der Waals surface area contributed by atoms with Crippen LogP contribution in [0.15, 0.2) is 71.6 Å². The van der Waals surface area contributed by atoms with E-state index in [0.717, 1.165) is 21.0 Å². The topological polar surface area (TPSA) is 72.9 Å². The molecule has 0 saturated carbocycles. The van der Waals surface area contributed by atoms with Gasteiger partial charge in [0, 0.05) is 0 Å². The number of hydrogen-bond donors (Lipinski definition) is 0. The van der Waals surface area contributed by atoms with Crippen LogP contribution < -0.4 is 13.8 Å². The summed E-state index contributed by atoms with van der Waals surface area (Å²) in [6.45, 7) is 7.71. The highest BCUT2D eigenvalue weighted by molar-refractivity contribution is 7.93. The summed E-state index contributed by atoms with van der Waals surface area (Å²) in [6, 6.07) is 18.1. The molecular weight excluding hydrogens is 426 g/mol. The zero-order chi connectivity index (χ0) is 23.3. The Labute approximate surface area is 189 Å². The summed E-state index contributed by atoms with van der Waals surface area (Å²) in [7, 11) is -4.15. The van der Waals surface area contributed by atoms with Crippen molar-refractivity contribution < 1.29 is 22.7 Å². The largest absolute Gasteiger partial charge is 0.494 e. The van der Waals surface area contributed by atoms with Crippen molar-refractivity contribution in [1.29, 1.82) is 0 Å². The van der Waals surface area contributed by atoms with Crippen LogP contribution in [0.4, 0.5) is 5.69 Å². The third kappa shape index (κ3) is 5.11. The summed E-state index contributed by atoms with van der Waals surface area (Å²) < 4.78 is 38.8. The minimum Gasteiger partial charge on any atom is -0.494 e. The molecule has 0 radical (unpaired) electrons. The number of nitrogens with zero attached hydrogens (tertiary/aromatic N) is 1. The monoisotopic (exact) mass is 453 g/mol. The summed E-state index contributed by atoms with van der Waals surface area (Å²) in [5.41, 5.74) is 3.15. The van der Waals surface area contributed by atoms with Gasteiger partial charge in [0.05, 0.1) is 17.2 Å². The standard InChI is InChI=1S/C25H27NO5S/c1-5-30-22-13-11-21(12-14-22)26(32(28,29)23-9-7-6-8-10-23)25(27)17-31-24-16-18(2)15-19(3)20(24)4/h6-16H,5,17H2,1-4H3.